The van der Waals surface area contributed by atoms with Crippen molar-refractivity contribution < 1.29 is 9.59 Å². The van der Waals surface area contributed by atoms with Crippen LogP contribution in [0.5, 0.6) is 0 Å². The van der Waals surface area contributed by atoms with E-state index in [1.165, 1.54) is 27.2 Å². The molecule has 4 nitrogen and oxygen atoms in total. The average Bonchev–Trinajstić information content (AvgIpc) is 3.11. The first-order valence-electron chi connectivity index (χ1n) is 9.30. The minimum absolute atomic E-state index is 0.00374. The lowest BCUT2D eigenvalue weighted by Gasteiger charge is -2.38. The molecule has 3 aliphatic rings. The zero-order chi connectivity index (χ0) is 18.0. The second kappa shape index (κ2) is 5.52. The van der Waals surface area contributed by atoms with Crippen LogP contribution in [0.15, 0.2) is 48.5 Å². The number of likely N-dealkylation sites (tertiary alicyclic amines) is 1. The molecule has 2 fully saturated rings. The van der Waals surface area contributed by atoms with Gasteiger partial charge in [0.1, 0.15) is 0 Å². The van der Waals surface area contributed by atoms with E-state index in [0.717, 1.165) is 13.0 Å². The van der Waals surface area contributed by atoms with Crippen molar-refractivity contribution >= 4 is 11.8 Å². The molecule has 5 rings (SSSR count). The maximum absolute atomic E-state index is 13.0. The average molecular weight is 346 g/mol. The van der Waals surface area contributed by atoms with Crippen LogP contribution in [-0.4, -0.2) is 35.2 Å². The quantitative estimate of drug-likeness (QED) is 0.746. The normalized spacial score (nSPS) is 30.3. The highest BCUT2D eigenvalue weighted by molar-refractivity contribution is 6.06. The van der Waals surface area contributed by atoms with E-state index in [1.807, 2.05) is 18.2 Å². The fourth-order valence-electron chi connectivity index (χ4n) is 5.35. The smallest absolute Gasteiger partial charge is 0.234 e. The third kappa shape index (κ3) is 1.93. The molecule has 0 unspecified atom stereocenters. The lowest BCUT2D eigenvalue weighted by atomic mass is 9.82. The van der Waals surface area contributed by atoms with Crippen LogP contribution in [0.1, 0.15) is 34.3 Å². The second-order valence-electron chi connectivity index (χ2n) is 7.72. The molecule has 2 aromatic carbocycles. The predicted octanol–water partition coefficient (Wildman–Crippen LogP) is 2.88. The fourth-order valence-corrected chi connectivity index (χ4v) is 5.35. The van der Waals surface area contributed by atoms with Crippen LogP contribution in [0.25, 0.3) is 0 Å². The first-order valence-corrected chi connectivity index (χ1v) is 9.30. The number of nitrogens with zero attached hydrogens (tertiary/aromatic N) is 2. The maximum Gasteiger partial charge on any atom is 0.234 e. The minimum Gasteiger partial charge on any atom is -0.287 e. The molecule has 0 radical (unpaired) electrons. The molecule has 4 heteroatoms. The summed E-state index contributed by atoms with van der Waals surface area (Å²) in [5, 5.41) is 0. The Kier molecular flexibility index (Phi) is 3.35. The number of hydrogen-bond acceptors (Lipinski definition) is 3. The van der Waals surface area contributed by atoms with Gasteiger partial charge in [-0.1, -0.05) is 48.5 Å². The number of aryl methyl sites for hydroxylation is 1. The standard InChI is InChI=1S/C22H22N2O2/c1-13-7-3-5-9-15(13)19-17-18(22(26)23(2)21(17)25)20-16-10-6-4-8-14(16)11-12-24(19)20/h3-10,17-20H,11-12H2,1-2H3/t17-,18+,19+,20-/m0/s1. The summed E-state index contributed by atoms with van der Waals surface area (Å²) in [7, 11) is 1.64. The van der Waals surface area contributed by atoms with Gasteiger partial charge in [0.25, 0.3) is 0 Å². The first kappa shape index (κ1) is 15.8. The molecular weight excluding hydrogens is 324 g/mol. The molecule has 0 bridgehead atoms. The van der Waals surface area contributed by atoms with E-state index in [9.17, 15) is 9.59 Å². The third-order valence-corrected chi connectivity index (χ3v) is 6.53. The number of imide groups is 1. The summed E-state index contributed by atoms with van der Waals surface area (Å²) in [6.45, 7) is 2.98. The first-order chi connectivity index (χ1) is 12.6. The van der Waals surface area contributed by atoms with E-state index in [0.29, 0.717) is 0 Å². The second-order valence-corrected chi connectivity index (χ2v) is 7.72. The van der Waals surface area contributed by atoms with E-state index in [4.69, 9.17) is 0 Å². The molecule has 3 heterocycles. The van der Waals surface area contributed by atoms with E-state index < -0.39 is 0 Å². The van der Waals surface area contributed by atoms with Crippen molar-refractivity contribution in [2.75, 3.05) is 13.6 Å². The molecule has 0 saturated carbocycles. The number of hydrogen-bond donors (Lipinski definition) is 0. The molecule has 26 heavy (non-hydrogen) atoms. The van der Waals surface area contributed by atoms with Crippen LogP contribution in [0.2, 0.25) is 0 Å². The van der Waals surface area contributed by atoms with Crippen molar-refractivity contribution in [3.8, 4) is 0 Å². The SMILES string of the molecule is Cc1ccccc1[C@@H]1[C@H]2C(=O)N(C)C(=O)[C@H]2[C@@H]2c3ccccc3CCN12. The molecule has 3 aliphatic heterocycles. The summed E-state index contributed by atoms with van der Waals surface area (Å²) in [4.78, 5) is 29.8. The Morgan fingerprint density at radius 3 is 2.12 bits per heavy atom. The molecule has 0 N–H and O–H groups in total. The van der Waals surface area contributed by atoms with Crippen molar-refractivity contribution in [3.63, 3.8) is 0 Å². The Labute approximate surface area is 153 Å². The molecule has 2 amide bonds. The van der Waals surface area contributed by atoms with Crippen molar-refractivity contribution in [3.05, 3.63) is 70.8 Å². The topological polar surface area (TPSA) is 40.6 Å². The Morgan fingerprint density at radius 2 is 1.42 bits per heavy atom. The minimum atomic E-state index is -0.287. The molecule has 2 saturated heterocycles. The van der Waals surface area contributed by atoms with Crippen LogP contribution in [0.4, 0.5) is 0 Å². The van der Waals surface area contributed by atoms with Crippen LogP contribution >= 0.6 is 0 Å². The van der Waals surface area contributed by atoms with Gasteiger partial charge in [-0.05, 0) is 35.6 Å². The third-order valence-electron chi connectivity index (χ3n) is 6.53. The van der Waals surface area contributed by atoms with E-state index in [2.05, 4.69) is 42.2 Å². The van der Waals surface area contributed by atoms with Gasteiger partial charge >= 0.3 is 0 Å². The van der Waals surface area contributed by atoms with Crippen LogP contribution < -0.4 is 0 Å². The zero-order valence-corrected chi connectivity index (χ0v) is 15.1. The fraction of sp³-hybridized carbons (Fsp3) is 0.364. The van der Waals surface area contributed by atoms with Gasteiger partial charge in [0, 0.05) is 25.7 Å². The van der Waals surface area contributed by atoms with Gasteiger partial charge in [-0.25, -0.2) is 0 Å². The van der Waals surface area contributed by atoms with Crippen molar-refractivity contribution in [1.29, 1.82) is 0 Å². The molecule has 4 atom stereocenters. The maximum atomic E-state index is 13.0. The summed E-state index contributed by atoms with van der Waals surface area (Å²) in [5.41, 5.74) is 4.90. The van der Waals surface area contributed by atoms with Gasteiger partial charge in [-0.2, -0.15) is 0 Å². The predicted molar refractivity (Wildman–Crippen MR) is 98.3 cm³/mol. The van der Waals surface area contributed by atoms with Crippen LogP contribution in [0.3, 0.4) is 0 Å². The Balaban J connectivity index is 1.72. The van der Waals surface area contributed by atoms with Crippen molar-refractivity contribution in [2.24, 2.45) is 11.8 Å². The number of rotatable bonds is 1. The lowest BCUT2D eigenvalue weighted by molar-refractivity contribution is -0.140. The van der Waals surface area contributed by atoms with Gasteiger partial charge in [0.05, 0.1) is 11.8 Å². The van der Waals surface area contributed by atoms with Crippen molar-refractivity contribution in [1.82, 2.24) is 9.80 Å². The Morgan fingerprint density at radius 1 is 0.846 bits per heavy atom. The van der Waals surface area contributed by atoms with Crippen LogP contribution in [-0.2, 0) is 16.0 Å². The number of carbonyl (C=O) groups is 2. The van der Waals surface area contributed by atoms with Gasteiger partial charge in [-0.3, -0.25) is 19.4 Å². The van der Waals surface area contributed by atoms with Gasteiger partial charge < -0.3 is 0 Å². The highest BCUT2D eigenvalue weighted by Crippen LogP contribution is 2.57. The Hall–Kier alpha value is -2.46. The summed E-state index contributed by atoms with van der Waals surface area (Å²) in [6.07, 6.45) is 0.965. The van der Waals surface area contributed by atoms with Gasteiger partial charge in [-0.15, -0.1) is 0 Å². The number of fused-ring (bicyclic) bond motifs is 5. The summed E-state index contributed by atoms with van der Waals surface area (Å²) in [5.74, 6) is -0.619. The molecule has 132 valence electrons. The summed E-state index contributed by atoms with van der Waals surface area (Å²) >= 11 is 0. The molecule has 2 aromatic rings. The highest BCUT2D eigenvalue weighted by atomic mass is 16.2. The highest BCUT2D eigenvalue weighted by Gasteiger charge is 2.62. The van der Waals surface area contributed by atoms with Crippen molar-refractivity contribution in [2.45, 2.75) is 25.4 Å². The lowest BCUT2D eigenvalue weighted by Crippen LogP contribution is -2.40. The summed E-state index contributed by atoms with van der Waals surface area (Å²) in [6, 6.07) is 16.7. The monoisotopic (exact) mass is 346 g/mol. The number of benzene rings is 2. The largest absolute Gasteiger partial charge is 0.287 e. The molecule has 0 aliphatic carbocycles. The molecular formula is C22H22N2O2. The Bertz CT molecular complexity index is 922. The number of carbonyl (C=O) groups excluding carboxylic acids is 2. The molecule has 0 spiro atoms. The van der Waals surface area contributed by atoms with Gasteiger partial charge in [0.15, 0.2) is 0 Å². The van der Waals surface area contributed by atoms with E-state index in [-0.39, 0.29) is 35.7 Å². The number of amides is 2. The molecule has 0 aromatic heterocycles. The van der Waals surface area contributed by atoms with Gasteiger partial charge in [0.2, 0.25) is 11.8 Å². The summed E-state index contributed by atoms with van der Waals surface area (Å²) < 4.78 is 0. The van der Waals surface area contributed by atoms with Crippen LogP contribution in [0, 0.1) is 18.8 Å². The zero-order valence-electron chi connectivity index (χ0n) is 15.1. The van der Waals surface area contributed by atoms with E-state index >= 15 is 0 Å². The van der Waals surface area contributed by atoms with E-state index in [1.54, 1.807) is 7.05 Å².